The van der Waals surface area contributed by atoms with E-state index in [9.17, 15) is 4.79 Å². The van der Waals surface area contributed by atoms with Crippen molar-refractivity contribution in [3.05, 3.63) is 0 Å². The summed E-state index contributed by atoms with van der Waals surface area (Å²) in [6.07, 6.45) is 5.50. The van der Waals surface area contributed by atoms with Crippen molar-refractivity contribution < 1.29 is 9.53 Å². The zero-order chi connectivity index (χ0) is 14.5. The SMILES string of the molecule is CC1CC2(C)CCCC(C)(C1)N2C(=O)OC(C)(C)C. The average Bonchev–Trinajstić information content (AvgIpc) is 2.09. The first-order chi connectivity index (χ1) is 8.56. The van der Waals surface area contributed by atoms with E-state index in [1.807, 2.05) is 20.8 Å². The molecule has 2 bridgehead atoms. The van der Waals surface area contributed by atoms with Gasteiger partial charge in [0.1, 0.15) is 5.60 Å². The maximum absolute atomic E-state index is 12.6. The van der Waals surface area contributed by atoms with Gasteiger partial charge >= 0.3 is 6.09 Å². The molecular formula is C16H29NO2. The van der Waals surface area contributed by atoms with Crippen LogP contribution in [0.1, 0.15) is 73.6 Å². The lowest BCUT2D eigenvalue weighted by Crippen LogP contribution is -2.67. The van der Waals surface area contributed by atoms with Gasteiger partial charge < -0.3 is 4.74 Å². The molecule has 0 N–H and O–H groups in total. The number of nitrogens with zero attached hydrogens (tertiary/aromatic N) is 1. The Bertz CT molecular complexity index is 353. The number of amides is 1. The van der Waals surface area contributed by atoms with E-state index in [4.69, 9.17) is 4.74 Å². The molecular weight excluding hydrogens is 238 g/mol. The number of carbonyl (C=O) groups excluding carboxylic acids is 1. The third-order valence-electron chi connectivity index (χ3n) is 4.66. The van der Waals surface area contributed by atoms with E-state index in [0.29, 0.717) is 5.92 Å². The quantitative estimate of drug-likeness (QED) is 0.653. The Balaban J connectivity index is 2.29. The van der Waals surface area contributed by atoms with Crippen molar-refractivity contribution in [1.82, 2.24) is 4.90 Å². The van der Waals surface area contributed by atoms with Crippen LogP contribution >= 0.6 is 0 Å². The Morgan fingerprint density at radius 1 is 1.16 bits per heavy atom. The summed E-state index contributed by atoms with van der Waals surface area (Å²) in [5.41, 5.74) is -0.457. The molecule has 0 aromatic rings. The van der Waals surface area contributed by atoms with E-state index in [0.717, 1.165) is 25.7 Å². The largest absolute Gasteiger partial charge is 0.444 e. The second-order valence-corrected chi connectivity index (χ2v) is 8.18. The first-order valence-corrected chi connectivity index (χ1v) is 7.59. The van der Waals surface area contributed by atoms with Crippen molar-refractivity contribution >= 4 is 6.09 Å². The molecule has 0 aliphatic carbocycles. The number of fused-ring (bicyclic) bond motifs is 2. The first kappa shape index (κ1) is 14.7. The normalized spacial score (nSPS) is 39.1. The molecule has 2 unspecified atom stereocenters. The lowest BCUT2D eigenvalue weighted by atomic mass is 9.65. The van der Waals surface area contributed by atoms with E-state index in [2.05, 4.69) is 25.7 Å². The zero-order valence-corrected chi connectivity index (χ0v) is 13.4. The fourth-order valence-electron chi connectivity index (χ4n) is 4.43. The van der Waals surface area contributed by atoms with Gasteiger partial charge in [0.25, 0.3) is 0 Å². The van der Waals surface area contributed by atoms with Gasteiger partial charge in [-0.2, -0.15) is 0 Å². The number of hydrogen-bond donors (Lipinski definition) is 0. The highest BCUT2D eigenvalue weighted by molar-refractivity contribution is 5.71. The maximum Gasteiger partial charge on any atom is 0.411 e. The van der Waals surface area contributed by atoms with E-state index in [1.165, 1.54) is 6.42 Å². The highest BCUT2D eigenvalue weighted by Crippen LogP contribution is 2.50. The highest BCUT2D eigenvalue weighted by Gasteiger charge is 2.54. The molecule has 2 heterocycles. The Morgan fingerprint density at radius 2 is 1.63 bits per heavy atom. The van der Waals surface area contributed by atoms with Crippen LogP contribution in [0.5, 0.6) is 0 Å². The van der Waals surface area contributed by atoms with Gasteiger partial charge in [0.15, 0.2) is 0 Å². The van der Waals surface area contributed by atoms with Gasteiger partial charge in [-0.3, -0.25) is 4.90 Å². The minimum atomic E-state index is -0.416. The van der Waals surface area contributed by atoms with E-state index in [1.54, 1.807) is 0 Å². The summed E-state index contributed by atoms with van der Waals surface area (Å²) < 4.78 is 5.67. The average molecular weight is 267 g/mol. The number of rotatable bonds is 0. The topological polar surface area (TPSA) is 29.5 Å². The van der Waals surface area contributed by atoms with Gasteiger partial charge in [0.2, 0.25) is 0 Å². The van der Waals surface area contributed by atoms with E-state index >= 15 is 0 Å². The summed E-state index contributed by atoms with van der Waals surface area (Å²) in [7, 11) is 0. The Morgan fingerprint density at radius 3 is 2.05 bits per heavy atom. The highest BCUT2D eigenvalue weighted by atomic mass is 16.6. The molecule has 0 aromatic carbocycles. The van der Waals surface area contributed by atoms with Crippen LogP contribution in [-0.2, 0) is 4.74 Å². The van der Waals surface area contributed by atoms with Crippen LogP contribution in [0.3, 0.4) is 0 Å². The summed E-state index contributed by atoms with van der Waals surface area (Å²) in [5.74, 6) is 0.689. The van der Waals surface area contributed by atoms with Crippen molar-refractivity contribution in [3.8, 4) is 0 Å². The summed E-state index contributed by atoms with van der Waals surface area (Å²) >= 11 is 0. The van der Waals surface area contributed by atoms with Gasteiger partial charge in [-0.25, -0.2) is 4.79 Å². The molecule has 2 fully saturated rings. The molecule has 0 radical (unpaired) electrons. The molecule has 110 valence electrons. The van der Waals surface area contributed by atoms with Crippen LogP contribution in [0, 0.1) is 5.92 Å². The fourth-order valence-corrected chi connectivity index (χ4v) is 4.43. The summed E-state index contributed by atoms with van der Waals surface area (Å²) in [4.78, 5) is 14.7. The molecule has 2 aliphatic heterocycles. The molecule has 0 saturated carbocycles. The molecule has 0 aromatic heterocycles. The molecule has 19 heavy (non-hydrogen) atoms. The molecule has 3 nitrogen and oxygen atoms in total. The van der Waals surface area contributed by atoms with Crippen LogP contribution in [0.4, 0.5) is 4.79 Å². The maximum atomic E-state index is 12.6. The third-order valence-corrected chi connectivity index (χ3v) is 4.66. The van der Waals surface area contributed by atoms with Crippen molar-refractivity contribution in [2.45, 2.75) is 90.3 Å². The van der Waals surface area contributed by atoms with Crippen molar-refractivity contribution in [3.63, 3.8) is 0 Å². The third kappa shape index (κ3) is 2.75. The Labute approximate surface area is 117 Å². The first-order valence-electron chi connectivity index (χ1n) is 7.59. The molecule has 2 saturated heterocycles. The van der Waals surface area contributed by atoms with Crippen LogP contribution in [0.15, 0.2) is 0 Å². The summed E-state index contributed by atoms with van der Waals surface area (Å²) in [6.45, 7) is 12.6. The Hall–Kier alpha value is -0.730. The van der Waals surface area contributed by atoms with E-state index in [-0.39, 0.29) is 17.2 Å². The van der Waals surface area contributed by atoms with Crippen molar-refractivity contribution in [2.75, 3.05) is 0 Å². The number of ether oxygens (including phenoxy) is 1. The summed E-state index contributed by atoms with van der Waals surface area (Å²) in [5, 5.41) is 0. The molecule has 2 aliphatic rings. The van der Waals surface area contributed by atoms with E-state index < -0.39 is 5.60 Å². The predicted molar refractivity (Wildman–Crippen MR) is 77.1 cm³/mol. The van der Waals surface area contributed by atoms with Crippen molar-refractivity contribution in [2.24, 2.45) is 5.92 Å². The second-order valence-electron chi connectivity index (χ2n) is 8.18. The monoisotopic (exact) mass is 267 g/mol. The molecule has 1 amide bonds. The molecule has 0 spiro atoms. The lowest BCUT2D eigenvalue weighted by molar-refractivity contribution is -0.101. The van der Waals surface area contributed by atoms with Crippen LogP contribution in [-0.4, -0.2) is 27.7 Å². The van der Waals surface area contributed by atoms with Gasteiger partial charge in [0.05, 0.1) is 0 Å². The van der Waals surface area contributed by atoms with Crippen LogP contribution in [0.2, 0.25) is 0 Å². The van der Waals surface area contributed by atoms with Gasteiger partial charge in [-0.15, -0.1) is 0 Å². The van der Waals surface area contributed by atoms with Gasteiger partial charge in [0, 0.05) is 11.1 Å². The second kappa shape index (κ2) is 4.39. The lowest BCUT2D eigenvalue weighted by Gasteiger charge is -2.60. The summed E-state index contributed by atoms with van der Waals surface area (Å²) in [6, 6.07) is 0. The molecule has 2 rings (SSSR count). The minimum Gasteiger partial charge on any atom is -0.444 e. The van der Waals surface area contributed by atoms with Crippen LogP contribution in [0.25, 0.3) is 0 Å². The Kier molecular flexibility index (Phi) is 3.39. The molecule has 3 heteroatoms. The smallest absolute Gasteiger partial charge is 0.411 e. The number of piperidine rings is 2. The minimum absolute atomic E-state index is 0.0208. The van der Waals surface area contributed by atoms with Gasteiger partial charge in [-0.1, -0.05) is 6.92 Å². The fraction of sp³-hybridized carbons (Fsp3) is 0.938. The van der Waals surface area contributed by atoms with Gasteiger partial charge in [-0.05, 0) is 72.6 Å². The number of carbonyl (C=O) groups is 1. The predicted octanol–water partition coefficient (Wildman–Crippen LogP) is 4.35. The molecule has 2 atom stereocenters. The number of hydrogen-bond acceptors (Lipinski definition) is 2. The standard InChI is InChI=1S/C16H29NO2/c1-12-10-15(5)8-7-9-16(6,11-12)17(15)13(18)19-14(2,3)4/h12H,7-11H2,1-6H3. The van der Waals surface area contributed by atoms with Crippen LogP contribution < -0.4 is 0 Å². The van der Waals surface area contributed by atoms with Crippen molar-refractivity contribution in [1.29, 1.82) is 0 Å². The zero-order valence-electron chi connectivity index (χ0n) is 13.4.